The van der Waals surface area contributed by atoms with Gasteiger partial charge in [0.25, 0.3) is 5.91 Å². The number of para-hydroxylation sites is 2. The second-order valence-corrected chi connectivity index (χ2v) is 6.75. The smallest absolute Gasteiger partial charge is 0.311 e. The number of carbonyl (C=O) groups excluding carboxylic acids is 1. The summed E-state index contributed by atoms with van der Waals surface area (Å²) in [4.78, 5) is 28.1. The van der Waals surface area contributed by atoms with Gasteiger partial charge >= 0.3 is 5.69 Å². The zero-order valence-electron chi connectivity index (χ0n) is 16.6. The summed E-state index contributed by atoms with van der Waals surface area (Å²) in [6, 6.07) is 10.1. The van der Waals surface area contributed by atoms with E-state index in [4.69, 9.17) is 4.74 Å². The number of nitro groups is 1. The summed E-state index contributed by atoms with van der Waals surface area (Å²) in [5.41, 5.74) is 1.18. The number of nitro benzene ring substituents is 1. The van der Waals surface area contributed by atoms with Crippen LogP contribution in [0, 0.1) is 10.1 Å². The Labute approximate surface area is 176 Å². The Hall–Kier alpha value is -4.41. The summed E-state index contributed by atoms with van der Waals surface area (Å²) < 4.78 is 6.75. The van der Waals surface area contributed by atoms with Gasteiger partial charge in [0, 0.05) is 11.8 Å². The van der Waals surface area contributed by atoms with Crippen LogP contribution in [0.3, 0.4) is 0 Å². The molecule has 1 amide bonds. The minimum Gasteiger partial charge on any atom is -0.502 e. The number of anilines is 2. The molecule has 2 heterocycles. The maximum atomic E-state index is 13.3. The number of allylic oxidation sites excluding steroid dienone is 1. The summed E-state index contributed by atoms with van der Waals surface area (Å²) in [6.07, 6.45) is 1.32. The molecule has 0 fully saturated rings. The Morgan fingerprint density at radius 2 is 2.10 bits per heavy atom. The Morgan fingerprint density at radius 3 is 2.84 bits per heavy atom. The number of phenolic OH excluding ortho intramolecular Hbond substituents is 1. The van der Waals surface area contributed by atoms with Crippen LogP contribution in [0.5, 0.6) is 11.5 Å². The Balaban J connectivity index is 1.81. The quantitative estimate of drug-likeness (QED) is 0.420. The van der Waals surface area contributed by atoms with Crippen LogP contribution in [0.2, 0.25) is 0 Å². The Bertz CT molecular complexity index is 1220. The topological polar surface area (TPSA) is 144 Å². The standard InChI is InChI=1S/C20H18N6O5/c1-11-17(19(28)24-13-5-3-4-6-16(13)31-2)18(25-20(23-11)21-10-22-25)12-7-8-15(27)14(9-12)26(29)30/h3-10,18,27H,1-2H3,(H,24,28)(H,21,22,23)/t18-/m0/s1. The number of hydrogen-bond donors (Lipinski definition) is 3. The highest BCUT2D eigenvalue weighted by molar-refractivity contribution is 6.06. The van der Waals surface area contributed by atoms with Gasteiger partial charge in [-0.25, -0.2) is 4.68 Å². The second kappa shape index (κ2) is 7.78. The lowest BCUT2D eigenvalue weighted by Gasteiger charge is -2.28. The number of rotatable bonds is 5. The van der Waals surface area contributed by atoms with Crippen molar-refractivity contribution in [2.75, 3.05) is 17.7 Å². The van der Waals surface area contributed by atoms with Crippen LogP contribution >= 0.6 is 0 Å². The second-order valence-electron chi connectivity index (χ2n) is 6.75. The van der Waals surface area contributed by atoms with Crippen molar-refractivity contribution >= 4 is 23.2 Å². The van der Waals surface area contributed by atoms with E-state index in [0.29, 0.717) is 28.6 Å². The number of nitrogens with one attached hydrogen (secondary N) is 2. The fourth-order valence-corrected chi connectivity index (χ4v) is 3.49. The third kappa shape index (κ3) is 3.52. The average molecular weight is 422 g/mol. The Kier molecular flexibility index (Phi) is 4.99. The molecule has 0 saturated carbocycles. The molecule has 3 aromatic rings. The van der Waals surface area contributed by atoms with Gasteiger partial charge in [-0.2, -0.15) is 10.1 Å². The number of fused-ring (bicyclic) bond motifs is 1. The molecule has 0 unspecified atom stereocenters. The van der Waals surface area contributed by atoms with Crippen molar-refractivity contribution in [3.05, 3.63) is 75.7 Å². The number of aromatic hydroxyl groups is 1. The van der Waals surface area contributed by atoms with Crippen LogP contribution in [-0.4, -0.2) is 37.8 Å². The van der Waals surface area contributed by atoms with Gasteiger partial charge in [-0.05, 0) is 30.7 Å². The summed E-state index contributed by atoms with van der Waals surface area (Å²) >= 11 is 0. The van der Waals surface area contributed by atoms with Gasteiger partial charge in [0.1, 0.15) is 18.1 Å². The number of amides is 1. The molecule has 0 bridgehead atoms. The predicted molar refractivity (Wildman–Crippen MR) is 111 cm³/mol. The highest BCUT2D eigenvalue weighted by Gasteiger charge is 2.34. The number of ether oxygens (including phenoxy) is 1. The van der Waals surface area contributed by atoms with Crippen LogP contribution < -0.4 is 15.4 Å². The number of aromatic nitrogens is 3. The van der Waals surface area contributed by atoms with Crippen LogP contribution in [0.4, 0.5) is 17.3 Å². The van der Waals surface area contributed by atoms with Crippen molar-refractivity contribution in [1.29, 1.82) is 0 Å². The van der Waals surface area contributed by atoms with E-state index in [-0.39, 0.29) is 5.57 Å². The minimum atomic E-state index is -0.812. The SMILES string of the molecule is COc1ccccc1NC(=O)C1=C(C)Nc2ncnn2[C@H]1c1ccc(O)c([N+](=O)[O-])c1. The third-order valence-corrected chi connectivity index (χ3v) is 4.91. The Morgan fingerprint density at radius 1 is 1.32 bits per heavy atom. The molecular weight excluding hydrogens is 404 g/mol. The lowest BCUT2D eigenvalue weighted by molar-refractivity contribution is -0.385. The lowest BCUT2D eigenvalue weighted by atomic mass is 9.94. The van der Waals surface area contributed by atoms with Crippen LogP contribution in [0.1, 0.15) is 18.5 Å². The van der Waals surface area contributed by atoms with Crippen molar-refractivity contribution < 1.29 is 19.6 Å². The first kappa shape index (κ1) is 19.9. The molecule has 0 spiro atoms. The molecular formula is C20H18N6O5. The van der Waals surface area contributed by atoms with E-state index in [9.17, 15) is 20.0 Å². The first-order valence-corrected chi connectivity index (χ1v) is 9.19. The molecule has 0 saturated heterocycles. The summed E-state index contributed by atoms with van der Waals surface area (Å²) in [6.45, 7) is 1.71. The summed E-state index contributed by atoms with van der Waals surface area (Å²) in [5.74, 6) is -0.0539. The number of carbonyl (C=O) groups is 1. The van der Waals surface area contributed by atoms with E-state index in [1.54, 1.807) is 31.2 Å². The van der Waals surface area contributed by atoms with Crippen molar-refractivity contribution in [3.8, 4) is 11.5 Å². The van der Waals surface area contributed by atoms with Crippen molar-refractivity contribution in [3.63, 3.8) is 0 Å². The molecule has 2 aromatic carbocycles. The van der Waals surface area contributed by atoms with Gasteiger partial charge in [-0.3, -0.25) is 14.9 Å². The average Bonchev–Trinajstić information content (AvgIpc) is 3.21. The summed E-state index contributed by atoms with van der Waals surface area (Å²) in [5, 5.41) is 31.2. The highest BCUT2D eigenvalue weighted by atomic mass is 16.6. The molecule has 11 nitrogen and oxygen atoms in total. The third-order valence-electron chi connectivity index (χ3n) is 4.91. The highest BCUT2D eigenvalue weighted by Crippen LogP contribution is 2.38. The van der Waals surface area contributed by atoms with Gasteiger partial charge in [-0.15, -0.1) is 0 Å². The van der Waals surface area contributed by atoms with Crippen molar-refractivity contribution in [1.82, 2.24) is 14.8 Å². The van der Waals surface area contributed by atoms with Gasteiger partial charge in [0.05, 0.1) is 23.3 Å². The molecule has 11 heteroatoms. The van der Waals surface area contributed by atoms with Gasteiger partial charge in [0.2, 0.25) is 5.95 Å². The van der Waals surface area contributed by atoms with Crippen LogP contribution in [0.25, 0.3) is 0 Å². The largest absolute Gasteiger partial charge is 0.502 e. The molecule has 1 aliphatic heterocycles. The van der Waals surface area contributed by atoms with E-state index >= 15 is 0 Å². The molecule has 3 N–H and O–H groups in total. The number of hydrogen-bond acceptors (Lipinski definition) is 8. The van der Waals surface area contributed by atoms with E-state index in [0.717, 1.165) is 0 Å². The molecule has 1 atom stereocenters. The van der Waals surface area contributed by atoms with Crippen LogP contribution in [0.15, 0.2) is 60.1 Å². The molecule has 31 heavy (non-hydrogen) atoms. The first-order chi connectivity index (χ1) is 14.9. The number of methoxy groups -OCH3 is 1. The van der Waals surface area contributed by atoms with Crippen LogP contribution in [-0.2, 0) is 4.79 Å². The van der Waals surface area contributed by atoms with Gasteiger partial charge < -0.3 is 20.5 Å². The first-order valence-electron chi connectivity index (χ1n) is 9.19. The molecule has 0 aliphatic carbocycles. The minimum absolute atomic E-state index is 0.281. The number of benzene rings is 2. The molecule has 1 aromatic heterocycles. The summed E-state index contributed by atoms with van der Waals surface area (Å²) in [7, 11) is 1.50. The number of nitrogens with zero attached hydrogens (tertiary/aromatic N) is 4. The van der Waals surface area contributed by atoms with E-state index in [2.05, 4.69) is 20.7 Å². The predicted octanol–water partition coefficient (Wildman–Crippen LogP) is 2.83. The van der Waals surface area contributed by atoms with E-state index in [1.165, 1.54) is 36.3 Å². The van der Waals surface area contributed by atoms with Gasteiger partial charge in [-0.1, -0.05) is 18.2 Å². The van der Waals surface area contributed by atoms with Gasteiger partial charge in [0.15, 0.2) is 5.75 Å². The fraction of sp³-hybridized carbons (Fsp3) is 0.150. The monoisotopic (exact) mass is 422 g/mol. The van der Waals surface area contributed by atoms with Crippen molar-refractivity contribution in [2.45, 2.75) is 13.0 Å². The normalized spacial score (nSPS) is 15.1. The number of phenols is 1. The molecule has 158 valence electrons. The molecule has 4 rings (SSSR count). The van der Waals surface area contributed by atoms with E-state index < -0.39 is 28.3 Å². The lowest BCUT2D eigenvalue weighted by Crippen LogP contribution is -2.31. The molecule has 1 aliphatic rings. The maximum Gasteiger partial charge on any atom is 0.311 e. The van der Waals surface area contributed by atoms with E-state index in [1.807, 2.05) is 0 Å². The zero-order chi connectivity index (χ0) is 22.1. The maximum absolute atomic E-state index is 13.3. The molecule has 0 radical (unpaired) electrons. The fourth-order valence-electron chi connectivity index (χ4n) is 3.49. The van der Waals surface area contributed by atoms with Crippen molar-refractivity contribution in [2.24, 2.45) is 0 Å². The zero-order valence-corrected chi connectivity index (χ0v) is 16.6.